The number of amides is 3. The third-order valence-corrected chi connectivity index (χ3v) is 5.66. The third-order valence-electron chi connectivity index (χ3n) is 5.66. The highest BCUT2D eigenvalue weighted by atomic mass is 16.2. The fraction of sp³-hybridized carbons (Fsp3) is 0.231. The van der Waals surface area contributed by atoms with Gasteiger partial charge in [0, 0.05) is 55.6 Å². The summed E-state index contributed by atoms with van der Waals surface area (Å²) in [6.45, 7) is 4.65. The van der Waals surface area contributed by atoms with E-state index in [1.54, 1.807) is 48.5 Å². The average molecular weight is 458 g/mol. The van der Waals surface area contributed by atoms with Crippen molar-refractivity contribution in [3.8, 4) is 11.3 Å². The SMILES string of the molecule is CC(=O)Nc1ccc(NC(=O)c2cccc(-c3ccc(C(=O)N4CCN(C)CC4)cc3)n2)cc1. The molecule has 1 saturated heterocycles. The zero-order chi connectivity index (χ0) is 24.1. The average Bonchev–Trinajstić information content (AvgIpc) is 2.85. The van der Waals surface area contributed by atoms with Gasteiger partial charge >= 0.3 is 0 Å². The Hall–Kier alpha value is -4.04. The predicted octanol–water partition coefficient (Wildman–Crippen LogP) is 3.35. The highest BCUT2D eigenvalue weighted by Gasteiger charge is 2.20. The van der Waals surface area contributed by atoms with E-state index in [1.807, 2.05) is 23.1 Å². The van der Waals surface area contributed by atoms with Crippen LogP contribution in [-0.2, 0) is 4.79 Å². The molecule has 0 bridgehead atoms. The number of rotatable bonds is 5. The molecule has 8 heteroatoms. The van der Waals surface area contributed by atoms with Gasteiger partial charge in [0.15, 0.2) is 0 Å². The van der Waals surface area contributed by atoms with Crippen molar-refractivity contribution >= 4 is 29.1 Å². The molecule has 1 aliphatic heterocycles. The van der Waals surface area contributed by atoms with Crippen LogP contribution >= 0.6 is 0 Å². The lowest BCUT2D eigenvalue weighted by Crippen LogP contribution is -2.47. The van der Waals surface area contributed by atoms with E-state index in [1.165, 1.54) is 6.92 Å². The van der Waals surface area contributed by atoms with Crippen LogP contribution < -0.4 is 10.6 Å². The molecule has 0 saturated carbocycles. The molecular weight excluding hydrogens is 430 g/mol. The summed E-state index contributed by atoms with van der Waals surface area (Å²) in [5, 5.41) is 5.50. The van der Waals surface area contributed by atoms with Crippen LogP contribution in [0.1, 0.15) is 27.8 Å². The Balaban J connectivity index is 1.43. The molecule has 0 spiro atoms. The third kappa shape index (κ3) is 5.65. The van der Waals surface area contributed by atoms with Crippen LogP contribution in [0.3, 0.4) is 0 Å². The number of nitrogens with one attached hydrogen (secondary N) is 2. The van der Waals surface area contributed by atoms with Crippen molar-refractivity contribution in [3.63, 3.8) is 0 Å². The molecule has 0 aliphatic carbocycles. The van der Waals surface area contributed by atoms with Gasteiger partial charge in [-0.2, -0.15) is 0 Å². The number of piperazine rings is 1. The van der Waals surface area contributed by atoms with Crippen molar-refractivity contribution in [2.45, 2.75) is 6.92 Å². The molecule has 3 aromatic rings. The Morgan fingerprint density at radius 1 is 0.794 bits per heavy atom. The first-order valence-electron chi connectivity index (χ1n) is 11.1. The molecule has 34 heavy (non-hydrogen) atoms. The van der Waals surface area contributed by atoms with Crippen molar-refractivity contribution in [1.82, 2.24) is 14.8 Å². The van der Waals surface area contributed by atoms with Gasteiger partial charge < -0.3 is 20.4 Å². The topological polar surface area (TPSA) is 94.6 Å². The summed E-state index contributed by atoms with van der Waals surface area (Å²) >= 11 is 0. The lowest BCUT2D eigenvalue weighted by molar-refractivity contribution is -0.114. The van der Waals surface area contributed by atoms with Crippen molar-refractivity contribution < 1.29 is 14.4 Å². The van der Waals surface area contributed by atoms with E-state index < -0.39 is 0 Å². The largest absolute Gasteiger partial charge is 0.336 e. The second-order valence-electron chi connectivity index (χ2n) is 8.29. The number of carbonyl (C=O) groups is 3. The van der Waals surface area contributed by atoms with Gasteiger partial charge in [0.05, 0.1) is 5.69 Å². The van der Waals surface area contributed by atoms with Crippen molar-refractivity contribution in [1.29, 1.82) is 0 Å². The summed E-state index contributed by atoms with van der Waals surface area (Å²) in [7, 11) is 2.06. The molecule has 1 aliphatic rings. The summed E-state index contributed by atoms with van der Waals surface area (Å²) < 4.78 is 0. The summed E-state index contributed by atoms with van der Waals surface area (Å²) in [4.78, 5) is 45.2. The minimum absolute atomic E-state index is 0.0326. The van der Waals surface area contributed by atoms with E-state index in [-0.39, 0.29) is 23.4 Å². The summed E-state index contributed by atoms with van der Waals surface area (Å²) in [6, 6.07) is 19.4. The smallest absolute Gasteiger partial charge is 0.274 e. The van der Waals surface area contributed by atoms with Gasteiger partial charge in [-0.05, 0) is 55.6 Å². The number of hydrogen-bond donors (Lipinski definition) is 2. The standard InChI is InChI=1S/C26H27N5O3/c1-18(32)27-21-10-12-22(13-11-21)28-25(33)24-5-3-4-23(29-24)19-6-8-20(9-7-19)26(34)31-16-14-30(2)15-17-31/h3-13H,14-17H2,1-2H3,(H,27,32)(H,28,33). The normalized spacial score (nSPS) is 13.9. The summed E-state index contributed by atoms with van der Waals surface area (Å²) in [6.07, 6.45) is 0. The molecule has 0 atom stereocenters. The molecule has 2 heterocycles. The van der Waals surface area contributed by atoms with Gasteiger partial charge in [-0.1, -0.05) is 18.2 Å². The van der Waals surface area contributed by atoms with E-state index in [9.17, 15) is 14.4 Å². The van der Waals surface area contributed by atoms with Gasteiger partial charge in [-0.15, -0.1) is 0 Å². The highest BCUT2D eigenvalue weighted by Crippen LogP contribution is 2.20. The molecule has 174 valence electrons. The van der Waals surface area contributed by atoms with E-state index in [4.69, 9.17) is 0 Å². The first-order chi connectivity index (χ1) is 16.4. The first kappa shape index (κ1) is 23.1. The molecule has 0 unspecified atom stereocenters. The number of pyridine rings is 1. The number of nitrogens with zero attached hydrogens (tertiary/aromatic N) is 3. The van der Waals surface area contributed by atoms with Gasteiger partial charge in [0.25, 0.3) is 11.8 Å². The van der Waals surface area contributed by atoms with Crippen molar-refractivity contribution in [3.05, 3.63) is 78.0 Å². The van der Waals surface area contributed by atoms with Crippen LogP contribution in [0, 0.1) is 0 Å². The van der Waals surface area contributed by atoms with Crippen LogP contribution in [0.25, 0.3) is 11.3 Å². The Morgan fingerprint density at radius 2 is 1.41 bits per heavy atom. The number of aromatic nitrogens is 1. The number of carbonyl (C=O) groups excluding carboxylic acids is 3. The Kier molecular flexibility index (Phi) is 6.98. The van der Waals surface area contributed by atoms with Crippen molar-refractivity contribution in [2.24, 2.45) is 0 Å². The monoisotopic (exact) mass is 457 g/mol. The maximum Gasteiger partial charge on any atom is 0.274 e. The summed E-state index contributed by atoms with van der Waals surface area (Å²) in [5.41, 5.74) is 3.64. The first-order valence-corrected chi connectivity index (χ1v) is 11.1. The second-order valence-corrected chi connectivity index (χ2v) is 8.29. The molecule has 2 aromatic carbocycles. The molecule has 1 fully saturated rings. The van der Waals surface area contributed by atoms with Gasteiger partial charge in [0.2, 0.25) is 5.91 Å². The number of benzene rings is 2. The van der Waals surface area contributed by atoms with E-state index in [0.29, 0.717) is 22.6 Å². The number of hydrogen-bond acceptors (Lipinski definition) is 5. The maximum atomic E-state index is 12.8. The maximum absolute atomic E-state index is 12.8. The van der Waals surface area contributed by atoms with Gasteiger partial charge in [-0.3, -0.25) is 14.4 Å². The minimum atomic E-state index is -0.337. The molecular formula is C26H27N5O3. The Morgan fingerprint density at radius 3 is 2.03 bits per heavy atom. The van der Waals surface area contributed by atoms with E-state index in [0.717, 1.165) is 31.7 Å². The van der Waals surface area contributed by atoms with Crippen molar-refractivity contribution in [2.75, 3.05) is 43.9 Å². The van der Waals surface area contributed by atoms with Crippen LogP contribution in [0.2, 0.25) is 0 Å². The van der Waals surface area contributed by atoms with Crippen LogP contribution in [0.15, 0.2) is 66.7 Å². The molecule has 0 radical (unpaired) electrons. The molecule has 8 nitrogen and oxygen atoms in total. The fourth-order valence-electron chi connectivity index (χ4n) is 3.73. The van der Waals surface area contributed by atoms with Crippen LogP contribution in [0.4, 0.5) is 11.4 Å². The van der Waals surface area contributed by atoms with Crippen LogP contribution in [-0.4, -0.2) is 65.7 Å². The molecule has 4 rings (SSSR count). The fourth-order valence-corrected chi connectivity index (χ4v) is 3.73. The second kappa shape index (κ2) is 10.3. The highest BCUT2D eigenvalue weighted by molar-refractivity contribution is 6.03. The van der Waals surface area contributed by atoms with E-state index in [2.05, 4.69) is 27.6 Å². The minimum Gasteiger partial charge on any atom is -0.336 e. The molecule has 1 aromatic heterocycles. The predicted molar refractivity (Wildman–Crippen MR) is 132 cm³/mol. The zero-order valence-corrected chi connectivity index (χ0v) is 19.2. The lowest BCUT2D eigenvalue weighted by Gasteiger charge is -2.32. The van der Waals surface area contributed by atoms with Gasteiger partial charge in [0.1, 0.15) is 5.69 Å². The zero-order valence-electron chi connectivity index (χ0n) is 19.2. The van der Waals surface area contributed by atoms with E-state index >= 15 is 0 Å². The molecule has 2 N–H and O–H groups in total. The number of anilines is 2. The van der Waals surface area contributed by atoms with Crippen LogP contribution in [0.5, 0.6) is 0 Å². The lowest BCUT2D eigenvalue weighted by atomic mass is 10.1. The number of likely N-dealkylation sites (N-methyl/N-ethyl adjacent to an activating group) is 1. The quantitative estimate of drug-likeness (QED) is 0.613. The Bertz CT molecular complexity index is 1180. The molecule has 3 amide bonds. The van der Waals surface area contributed by atoms with Gasteiger partial charge in [-0.25, -0.2) is 4.98 Å². The summed E-state index contributed by atoms with van der Waals surface area (Å²) in [5.74, 6) is -0.462. The Labute approximate surface area is 198 Å².